The molecular weight excluding hydrogens is 235 g/mol. The summed E-state index contributed by atoms with van der Waals surface area (Å²) in [4.78, 5) is 1.20. The maximum atomic E-state index is 6.25. The van der Waals surface area contributed by atoms with Gasteiger partial charge in [0.15, 0.2) is 0 Å². The van der Waals surface area contributed by atoms with Crippen molar-refractivity contribution in [3.8, 4) is 0 Å². The normalized spacial score (nSPS) is 13.1. The fraction of sp³-hybridized carbons (Fsp3) is 0.636. The quantitative estimate of drug-likeness (QED) is 0.452. The van der Waals surface area contributed by atoms with E-state index in [1.54, 1.807) is 11.3 Å². The van der Waals surface area contributed by atoms with Crippen LogP contribution in [0.2, 0.25) is 4.34 Å². The third kappa shape index (κ3) is 4.20. The molecule has 3 heteroatoms. The maximum Gasteiger partial charge on any atom is 0.0931 e. The first-order chi connectivity index (χ1) is 6.74. The predicted molar refractivity (Wildman–Crippen MR) is 66.7 cm³/mol. The van der Waals surface area contributed by atoms with Crippen LogP contribution in [0.3, 0.4) is 0 Å². The molecular formula is C11H16Cl2S. The van der Waals surface area contributed by atoms with Gasteiger partial charge in [-0.15, -0.1) is 22.9 Å². The molecule has 0 bridgehead atoms. The minimum Gasteiger partial charge on any atom is -0.127 e. The molecule has 80 valence electrons. The van der Waals surface area contributed by atoms with E-state index in [0.717, 1.165) is 10.8 Å². The summed E-state index contributed by atoms with van der Waals surface area (Å²) >= 11 is 13.7. The molecule has 0 aromatic carbocycles. The third-order valence-electron chi connectivity index (χ3n) is 2.21. The van der Waals surface area contributed by atoms with E-state index in [2.05, 4.69) is 6.92 Å². The van der Waals surface area contributed by atoms with Crippen LogP contribution in [-0.4, -0.2) is 0 Å². The van der Waals surface area contributed by atoms with Crippen molar-refractivity contribution in [2.75, 3.05) is 0 Å². The molecule has 1 rings (SSSR count). The van der Waals surface area contributed by atoms with E-state index in [1.807, 2.05) is 12.1 Å². The smallest absolute Gasteiger partial charge is 0.0931 e. The fourth-order valence-electron chi connectivity index (χ4n) is 1.39. The molecule has 1 atom stereocenters. The second-order valence-corrected chi connectivity index (χ2v) is 5.73. The molecule has 0 amide bonds. The Labute approximate surface area is 100 Å². The number of hydrogen-bond donors (Lipinski definition) is 0. The van der Waals surface area contributed by atoms with Crippen LogP contribution < -0.4 is 0 Å². The Morgan fingerprint density at radius 2 is 2.07 bits per heavy atom. The highest BCUT2D eigenvalue weighted by atomic mass is 35.5. The summed E-state index contributed by atoms with van der Waals surface area (Å²) in [5.41, 5.74) is 0. The summed E-state index contributed by atoms with van der Waals surface area (Å²) in [6.45, 7) is 2.22. The van der Waals surface area contributed by atoms with Gasteiger partial charge in [-0.05, 0) is 18.6 Å². The summed E-state index contributed by atoms with van der Waals surface area (Å²) in [7, 11) is 0. The van der Waals surface area contributed by atoms with E-state index in [9.17, 15) is 0 Å². The monoisotopic (exact) mass is 250 g/mol. The van der Waals surface area contributed by atoms with Crippen molar-refractivity contribution in [2.24, 2.45) is 0 Å². The van der Waals surface area contributed by atoms with Gasteiger partial charge in [0.2, 0.25) is 0 Å². The van der Waals surface area contributed by atoms with Crippen molar-refractivity contribution in [1.82, 2.24) is 0 Å². The van der Waals surface area contributed by atoms with E-state index in [1.165, 1.54) is 30.6 Å². The van der Waals surface area contributed by atoms with Gasteiger partial charge in [0.05, 0.1) is 9.71 Å². The zero-order valence-corrected chi connectivity index (χ0v) is 10.8. The van der Waals surface area contributed by atoms with Crippen molar-refractivity contribution in [2.45, 2.75) is 44.4 Å². The highest BCUT2D eigenvalue weighted by Gasteiger charge is 2.09. The summed E-state index contributed by atoms with van der Waals surface area (Å²) < 4.78 is 0.833. The van der Waals surface area contributed by atoms with Gasteiger partial charge >= 0.3 is 0 Å². The minimum atomic E-state index is 0.157. The number of hydrogen-bond acceptors (Lipinski definition) is 1. The second-order valence-electron chi connectivity index (χ2n) is 3.46. The molecule has 0 nitrogen and oxygen atoms in total. The topological polar surface area (TPSA) is 0 Å². The second kappa shape index (κ2) is 6.71. The molecule has 1 heterocycles. The van der Waals surface area contributed by atoms with E-state index in [-0.39, 0.29) is 5.38 Å². The van der Waals surface area contributed by atoms with Crippen LogP contribution in [0.25, 0.3) is 0 Å². The van der Waals surface area contributed by atoms with Crippen molar-refractivity contribution in [3.63, 3.8) is 0 Å². The van der Waals surface area contributed by atoms with Crippen LogP contribution >= 0.6 is 34.5 Å². The molecule has 0 fully saturated rings. The van der Waals surface area contributed by atoms with Gasteiger partial charge < -0.3 is 0 Å². The van der Waals surface area contributed by atoms with Crippen molar-refractivity contribution >= 4 is 34.5 Å². The first-order valence-electron chi connectivity index (χ1n) is 5.13. The first-order valence-corrected chi connectivity index (χ1v) is 6.76. The molecule has 1 unspecified atom stereocenters. The lowest BCUT2D eigenvalue weighted by atomic mass is 10.1. The lowest BCUT2D eigenvalue weighted by Crippen LogP contribution is -1.86. The van der Waals surface area contributed by atoms with Gasteiger partial charge in [-0.1, -0.05) is 44.2 Å². The zero-order chi connectivity index (χ0) is 10.4. The van der Waals surface area contributed by atoms with Crippen molar-refractivity contribution < 1.29 is 0 Å². The number of rotatable bonds is 6. The van der Waals surface area contributed by atoms with Gasteiger partial charge in [0.25, 0.3) is 0 Å². The van der Waals surface area contributed by atoms with Gasteiger partial charge in [0.1, 0.15) is 0 Å². The summed E-state index contributed by atoms with van der Waals surface area (Å²) in [6, 6.07) is 3.95. The van der Waals surface area contributed by atoms with Gasteiger partial charge in [-0.2, -0.15) is 0 Å². The van der Waals surface area contributed by atoms with E-state index in [4.69, 9.17) is 23.2 Å². The fourth-order valence-corrected chi connectivity index (χ4v) is 2.82. The number of halogens is 2. The molecule has 0 aliphatic rings. The zero-order valence-electron chi connectivity index (χ0n) is 8.43. The van der Waals surface area contributed by atoms with Crippen molar-refractivity contribution in [1.29, 1.82) is 0 Å². The number of thiophene rings is 1. The Morgan fingerprint density at radius 1 is 1.29 bits per heavy atom. The molecule has 0 aliphatic carbocycles. The standard InChI is InChI=1S/C11H16Cl2S/c1-2-3-4-5-6-9(12)10-7-8-11(13)14-10/h7-9H,2-6H2,1H3. The summed E-state index contributed by atoms with van der Waals surface area (Å²) in [5, 5.41) is 0.157. The Hall–Kier alpha value is 0.280. The molecule has 0 N–H and O–H groups in total. The average molecular weight is 251 g/mol. The highest BCUT2D eigenvalue weighted by molar-refractivity contribution is 7.16. The minimum absolute atomic E-state index is 0.157. The van der Waals surface area contributed by atoms with Crippen LogP contribution in [0, 0.1) is 0 Å². The van der Waals surface area contributed by atoms with Crippen LogP contribution in [0.4, 0.5) is 0 Å². The Balaban J connectivity index is 2.25. The highest BCUT2D eigenvalue weighted by Crippen LogP contribution is 2.33. The molecule has 14 heavy (non-hydrogen) atoms. The lowest BCUT2D eigenvalue weighted by Gasteiger charge is -2.05. The lowest BCUT2D eigenvalue weighted by molar-refractivity contribution is 0.626. The molecule has 0 saturated heterocycles. The van der Waals surface area contributed by atoms with Crippen LogP contribution in [0.5, 0.6) is 0 Å². The molecule has 1 aromatic rings. The van der Waals surface area contributed by atoms with Gasteiger partial charge in [-0.3, -0.25) is 0 Å². The SMILES string of the molecule is CCCCCCC(Cl)c1ccc(Cl)s1. The third-order valence-corrected chi connectivity index (χ3v) is 4.14. The predicted octanol–water partition coefficient (Wildman–Crippen LogP) is 5.65. The average Bonchev–Trinajstić information content (AvgIpc) is 2.59. The maximum absolute atomic E-state index is 6.25. The summed E-state index contributed by atoms with van der Waals surface area (Å²) in [6.07, 6.45) is 6.17. The number of alkyl halides is 1. The van der Waals surface area contributed by atoms with Gasteiger partial charge in [-0.25, -0.2) is 0 Å². The Morgan fingerprint density at radius 3 is 2.64 bits per heavy atom. The first kappa shape index (κ1) is 12.4. The van der Waals surface area contributed by atoms with Gasteiger partial charge in [0, 0.05) is 4.88 Å². The molecule has 1 aromatic heterocycles. The van der Waals surface area contributed by atoms with E-state index < -0.39 is 0 Å². The molecule has 0 aliphatic heterocycles. The van der Waals surface area contributed by atoms with Crippen LogP contribution in [-0.2, 0) is 0 Å². The van der Waals surface area contributed by atoms with Crippen LogP contribution in [0.1, 0.15) is 49.3 Å². The van der Waals surface area contributed by atoms with E-state index >= 15 is 0 Å². The number of unbranched alkanes of at least 4 members (excludes halogenated alkanes) is 3. The molecule has 0 saturated carbocycles. The van der Waals surface area contributed by atoms with Crippen LogP contribution in [0.15, 0.2) is 12.1 Å². The van der Waals surface area contributed by atoms with Crippen molar-refractivity contribution in [3.05, 3.63) is 21.3 Å². The largest absolute Gasteiger partial charge is 0.127 e. The Kier molecular flexibility index (Phi) is 5.92. The summed E-state index contributed by atoms with van der Waals surface area (Å²) in [5.74, 6) is 0. The molecule has 0 spiro atoms. The van der Waals surface area contributed by atoms with E-state index in [0.29, 0.717) is 0 Å². The Bertz CT molecular complexity index is 258. The molecule has 0 radical (unpaired) electrons.